The molecule has 1 heteroatoms. The zero-order valence-electron chi connectivity index (χ0n) is 11.7. The lowest BCUT2D eigenvalue weighted by atomic mass is 9.42. The van der Waals surface area contributed by atoms with Crippen molar-refractivity contribution in [3.8, 4) is 0 Å². The van der Waals surface area contributed by atoms with Gasteiger partial charge < -0.3 is 5.73 Å². The summed E-state index contributed by atoms with van der Waals surface area (Å²) in [6.45, 7) is 4.59. The summed E-state index contributed by atoms with van der Waals surface area (Å²) in [6.07, 6.45) is 13.4. The molecule has 4 fully saturated rings. The molecule has 0 aromatic rings. The highest BCUT2D eigenvalue weighted by atomic mass is 14.7. The molecule has 2 N–H and O–H groups in total. The predicted octanol–water partition coefficient (Wildman–Crippen LogP) is 4.11. The van der Waals surface area contributed by atoms with Crippen molar-refractivity contribution in [2.75, 3.05) is 0 Å². The van der Waals surface area contributed by atoms with Crippen LogP contribution in [0.3, 0.4) is 0 Å². The third-order valence-electron chi connectivity index (χ3n) is 5.84. The van der Waals surface area contributed by atoms with Crippen molar-refractivity contribution in [1.29, 1.82) is 0 Å². The molecule has 0 aromatic carbocycles. The summed E-state index contributed by atoms with van der Waals surface area (Å²) in [6, 6.07) is 0.407. The minimum Gasteiger partial charge on any atom is -0.328 e. The van der Waals surface area contributed by atoms with Crippen molar-refractivity contribution < 1.29 is 0 Å². The fraction of sp³-hybridized carbons (Fsp3) is 1.00. The highest BCUT2D eigenvalue weighted by Crippen LogP contribution is 2.67. The first-order chi connectivity index (χ1) is 8.05. The molecule has 4 rings (SSSR count). The van der Waals surface area contributed by atoms with E-state index in [-0.39, 0.29) is 0 Å². The average Bonchev–Trinajstić information content (AvgIpc) is 2.11. The summed E-state index contributed by atoms with van der Waals surface area (Å²) >= 11 is 0. The molecular formula is C16H29N. The molecule has 1 nitrogen and oxygen atoms in total. The molecule has 98 valence electrons. The first-order valence-corrected chi connectivity index (χ1v) is 7.80. The lowest BCUT2D eigenvalue weighted by Crippen LogP contribution is -2.53. The van der Waals surface area contributed by atoms with Gasteiger partial charge >= 0.3 is 0 Å². The van der Waals surface area contributed by atoms with E-state index in [1.165, 1.54) is 38.5 Å². The topological polar surface area (TPSA) is 26.0 Å². The van der Waals surface area contributed by atoms with Gasteiger partial charge in [-0.05, 0) is 81.0 Å². The standard InChI is InChI=1S/C16H29N/c1-3-4-15-7-13-5-14(8-15)10-16(9-13,11-15)6-12(2)17/h12-14H,3-11,17H2,1-2H3. The average molecular weight is 235 g/mol. The van der Waals surface area contributed by atoms with E-state index in [0.29, 0.717) is 11.5 Å². The number of hydrogen-bond donors (Lipinski definition) is 1. The molecule has 4 bridgehead atoms. The van der Waals surface area contributed by atoms with Crippen molar-refractivity contribution in [3.05, 3.63) is 0 Å². The van der Waals surface area contributed by atoms with E-state index in [1.807, 2.05) is 0 Å². The van der Waals surface area contributed by atoms with Gasteiger partial charge in [0.05, 0.1) is 0 Å². The van der Waals surface area contributed by atoms with Crippen LogP contribution in [0.5, 0.6) is 0 Å². The molecule has 0 heterocycles. The summed E-state index contributed by atoms with van der Waals surface area (Å²) in [5.41, 5.74) is 7.53. The summed E-state index contributed by atoms with van der Waals surface area (Å²) in [7, 11) is 0. The van der Waals surface area contributed by atoms with Gasteiger partial charge in [-0.1, -0.05) is 13.3 Å². The molecule has 17 heavy (non-hydrogen) atoms. The quantitative estimate of drug-likeness (QED) is 0.779. The molecule has 0 spiro atoms. The molecule has 3 unspecified atom stereocenters. The summed E-state index contributed by atoms with van der Waals surface area (Å²) in [4.78, 5) is 0. The Kier molecular flexibility index (Phi) is 2.81. The van der Waals surface area contributed by atoms with Gasteiger partial charge in [0.1, 0.15) is 0 Å². The Labute approximate surface area is 107 Å². The second kappa shape index (κ2) is 3.98. The van der Waals surface area contributed by atoms with Crippen LogP contribution in [0, 0.1) is 22.7 Å². The Morgan fingerprint density at radius 1 is 1.12 bits per heavy atom. The fourth-order valence-corrected chi connectivity index (χ4v) is 6.39. The van der Waals surface area contributed by atoms with Crippen LogP contribution in [0.1, 0.15) is 71.6 Å². The second-order valence-corrected chi connectivity index (χ2v) is 7.89. The van der Waals surface area contributed by atoms with E-state index in [9.17, 15) is 0 Å². The first kappa shape index (κ1) is 12.0. The number of nitrogens with two attached hydrogens (primary N) is 1. The van der Waals surface area contributed by atoms with Crippen molar-refractivity contribution in [2.45, 2.75) is 77.7 Å². The first-order valence-electron chi connectivity index (χ1n) is 7.80. The Morgan fingerprint density at radius 2 is 1.71 bits per heavy atom. The minimum atomic E-state index is 0.407. The Bertz CT molecular complexity index is 274. The van der Waals surface area contributed by atoms with Crippen LogP contribution in [-0.4, -0.2) is 6.04 Å². The third-order valence-corrected chi connectivity index (χ3v) is 5.84. The largest absolute Gasteiger partial charge is 0.328 e. The summed E-state index contributed by atoms with van der Waals surface area (Å²) in [5.74, 6) is 2.11. The van der Waals surface area contributed by atoms with Gasteiger partial charge in [0.25, 0.3) is 0 Å². The maximum atomic E-state index is 6.13. The van der Waals surface area contributed by atoms with Crippen molar-refractivity contribution in [1.82, 2.24) is 0 Å². The number of rotatable bonds is 4. The lowest BCUT2D eigenvalue weighted by Gasteiger charge is -2.63. The van der Waals surface area contributed by atoms with Gasteiger partial charge in [-0.15, -0.1) is 0 Å². The van der Waals surface area contributed by atoms with Crippen LogP contribution < -0.4 is 5.73 Å². The molecule has 0 radical (unpaired) electrons. The van der Waals surface area contributed by atoms with Crippen LogP contribution in [0.25, 0.3) is 0 Å². The molecule has 4 aliphatic carbocycles. The van der Waals surface area contributed by atoms with E-state index in [4.69, 9.17) is 5.73 Å². The third kappa shape index (κ3) is 2.05. The highest BCUT2D eigenvalue weighted by molar-refractivity contribution is 5.07. The molecule has 4 aliphatic rings. The molecule has 0 saturated heterocycles. The van der Waals surface area contributed by atoms with Crippen LogP contribution in [0.4, 0.5) is 0 Å². The molecule has 0 aromatic heterocycles. The monoisotopic (exact) mass is 235 g/mol. The van der Waals surface area contributed by atoms with Gasteiger partial charge in [0.15, 0.2) is 0 Å². The van der Waals surface area contributed by atoms with Gasteiger partial charge in [0.2, 0.25) is 0 Å². The zero-order valence-corrected chi connectivity index (χ0v) is 11.7. The molecule has 0 amide bonds. The maximum Gasteiger partial charge on any atom is 0.00157 e. The van der Waals surface area contributed by atoms with Crippen LogP contribution in [-0.2, 0) is 0 Å². The molecule has 0 aliphatic heterocycles. The van der Waals surface area contributed by atoms with Gasteiger partial charge in [0, 0.05) is 6.04 Å². The Balaban J connectivity index is 1.84. The SMILES string of the molecule is CCCC12CC3CC(C1)CC(CC(C)N)(C3)C2. The summed E-state index contributed by atoms with van der Waals surface area (Å²) < 4.78 is 0. The van der Waals surface area contributed by atoms with Gasteiger partial charge in [-0.25, -0.2) is 0 Å². The van der Waals surface area contributed by atoms with Crippen molar-refractivity contribution in [3.63, 3.8) is 0 Å². The van der Waals surface area contributed by atoms with E-state index in [1.54, 1.807) is 19.3 Å². The smallest absolute Gasteiger partial charge is 0.00157 e. The normalized spacial score (nSPS) is 49.6. The Hall–Kier alpha value is -0.0400. The summed E-state index contributed by atoms with van der Waals surface area (Å²) in [5, 5.41) is 0. The van der Waals surface area contributed by atoms with Crippen molar-refractivity contribution in [2.24, 2.45) is 28.4 Å². The van der Waals surface area contributed by atoms with E-state index >= 15 is 0 Å². The predicted molar refractivity (Wildman–Crippen MR) is 72.7 cm³/mol. The molecule has 3 atom stereocenters. The lowest BCUT2D eigenvalue weighted by molar-refractivity contribution is -0.119. The van der Waals surface area contributed by atoms with Crippen LogP contribution in [0.15, 0.2) is 0 Å². The van der Waals surface area contributed by atoms with Gasteiger partial charge in [-0.3, -0.25) is 0 Å². The highest BCUT2D eigenvalue weighted by Gasteiger charge is 2.56. The Morgan fingerprint density at radius 3 is 2.24 bits per heavy atom. The van der Waals surface area contributed by atoms with E-state index in [0.717, 1.165) is 17.3 Å². The maximum absolute atomic E-state index is 6.13. The zero-order chi connectivity index (χ0) is 12.1. The van der Waals surface area contributed by atoms with Crippen LogP contribution >= 0.6 is 0 Å². The second-order valence-electron chi connectivity index (χ2n) is 7.89. The van der Waals surface area contributed by atoms with Gasteiger partial charge in [-0.2, -0.15) is 0 Å². The van der Waals surface area contributed by atoms with E-state index < -0.39 is 0 Å². The van der Waals surface area contributed by atoms with Crippen LogP contribution in [0.2, 0.25) is 0 Å². The minimum absolute atomic E-state index is 0.407. The molecular weight excluding hydrogens is 206 g/mol. The number of hydrogen-bond acceptors (Lipinski definition) is 1. The van der Waals surface area contributed by atoms with E-state index in [2.05, 4.69) is 13.8 Å². The fourth-order valence-electron chi connectivity index (χ4n) is 6.39. The van der Waals surface area contributed by atoms with Crippen molar-refractivity contribution >= 4 is 0 Å². The molecule has 4 saturated carbocycles.